The van der Waals surface area contributed by atoms with Gasteiger partial charge in [0.15, 0.2) is 0 Å². The van der Waals surface area contributed by atoms with Crippen molar-refractivity contribution >= 4 is 28.4 Å². The Kier molecular flexibility index (Phi) is 2.28. The molecule has 1 amide bonds. The van der Waals surface area contributed by atoms with Crippen LogP contribution in [0.4, 0.5) is 0 Å². The SMILES string of the molecule is CC(=O)N1C[C@@H]2[C@H](C1)[C@@]2(O)c1cc(Cl)cc2[nH]ncc12. The molecule has 20 heavy (non-hydrogen) atoms. The van der Waals surface area contributed by atoms with Crippen LogP contribution in [-0.4, -0.2) is 39.2 Å². The second kappa shape index (κ2) is 3.74. The Hall–Kier alpha value is -1.59. The molecule has 1 aromatic heterocycles. The summed E-state index contributed by atoms with van der Waals surface area (Å²) in [7, 11) is 0. The summed E-state index contributed by atoms with van der Waals surface area (Å²) in [4.78, 5) is 13.2. The molecule has 2 fully saturated rings. The van der Waals surface area contributed by atoms with Crippen molar-refractivity contribution in [2.24, 2.45) is 11.8 Å². The number of nitrogens with one attached hydrogen (secondary N) is 1. The van der Waals surface area contributed by atoms with Crippen molar-refractivity contribution < 1.29 is 9.90 Å². The molecule has 0 spiro atoms. The van der Waals surface area contributed by atoms with Crippen molar-refractivity contribution in [1.29, 1.82) is 0 Å². The van der Waals surface area contributed by atoms with Gasteiger partial charge in [0.2, 0.25) is 5.91 Å². The quantitative estimate of drug-likeness (QED) is 0.837. The number of nitrogens with zero attached hydrogens (tertiary/aromatic N) is 2. The van der Waals surface area contributed by atoms with Gasteiger partial charge >= 0.3 is 0 Å². The maximum Gasteiger partial charge on any atom is 0.219 e. The van der Waals surface area contributed by atoms with Crippen LogP contribution >= 0.6 is 11.6 Å². The molecule has 0 bridgehead atoms. The largest absolute Gasteiger partial charge is 0.384 e. The number of benzene rings is 1. The maximum absolute atomic E-state index is 11.4. The molecule has 4 rings (SSSR count). The fraction of sp³-hybridized carbons (Fsp3) is 0.429. The Morgan fingerprint density at radius 2 is 2.20 bits per heavy atom. The Labute approximate surface area is 120 Å². The summed E-state index contributed by atoms with van der Waals surface area (Å²) in [6.45, 7) is 2.79. The lowest BCUT2D eigenvalue weighted by Gasteiger charge is -2.23. The lowest BCUT2D eigenvalue weighted by Crippen LogP contribution is -2.33. The average molecular weight is 292 g/mol. The number of aliphatic hydroxyl groups is 1. The van der Waals surface area contributed by atoms with Crippen molar-refractivity contribution in [3.63, 3.8) is 0 Å². The summed E-state index contributed by atoms with van der Waals surface area (Å²) in [5.41, 5.74) is 0.778. The van der Waals surface area contributed by atoms with Crippen LogP contribution < -0.4 is 0 Å². The minimum Gasteiger partial charge on any atom is -0.384 e. The highest BCUT2D eigenvalue weighted by Crippen LogP contribution is 2.62. The zero-order chi connectivity index (χ0) is 14.1. The number of amides is 1. The molecule has 1 aromatic carbocycles. The summed E-state index contributed by atoms with van der Waals surface area (Å²) in [5, 5.41) is 19.4. The van der Waals surface area contributed by atoms with Crippen LogP contribution in [0.15, 0.2) is 18.3 Å². The summed E-state index contributed by atoms with van der Waals surface area (Å²) < 4.78 is 0. The molecule has 2 aromatic rings. The number of rotatable bonds is 1. The third-order valence-electron chi connectivity index (χ3n) is 4.74. The molecule has 5 nitrogen and oxygen atoms in total. The van der Waals surface area contributed by atoms with Gasteiger partial charge in [-0.3, -0.25) is 9.89 Å². The summed E-state index contributed by atoms with van der Waals surface area (Å²) in [6, 6.07) is 3.62. The fourth-order valence-electron chi connectivity index (χ4n) is 3.61. The van der Waals surface area contributed by atoms with Gasteiger partial charge < -0.3 is 10.0 Å². The molecule has 0 unspecified atom stereocenters. The first-order valence-corrected chi connectivity index (χ1v) is 7.00. The summed E-state index contributed by atoms with van der Waals surface area (Å²) in [6.07, 6.45) is 1.72. The van der Waals surface area contributed by atoms with E-state index in [0.717, 1.165) is 16.5 Å². The van der Waals surface area contributed by atoms with Crippen LogP contribution in [0.25, 0.3) is 10.9 Å². The van der Waals surface area contributed by atoms with Crippen LogP contribution in [0.3, 0.4) is 0 Å². The molecule has 2 N–H and O–H groups in total. The average Bonchev–Trinajstić information content (AvgIpc) is 2.85. The molecule has 0 radical (unpaired) electrons. The van der Waals surface area contributed by atoms with Crippen LogP contribution in [0.2, 0.25) is 5.02 Å². The van der Waals surface area contributed by atoms with E-state index in [1.165, 1.54) is 0 Å². The predicted molar refractivity (Wildman–Crippen MR) is 74.2 cm³/mol. The predicted octanol–water partition coefficient (Wildman–Crippen LogP) is 1.51. The minimum absolute atomic E-state index is 0.0686. The second-order valence-corrected chi connectivity index (χ2v) is 6.18. The van der Waals surface area contributed by atoms with Gasteiger partial charge in [0.05, 0.1) is 11.7 Å². The number of aromatic amines is 1. The first kappa shape index (κ1) is 12.2. The van der Waals surface area contributed by atoms with Crippen LogP contribution in [0.5, 0.6) is 0 Å². The van der Waals surface area contributed by atoms with E-state index in [1.54, 1.807) is 24.1 Å². The number of halogens is 1. The third kappa shape index (κ3) is 1.42. The number of carbonyl (C=O) groups is 1. The van der Waals surface area contributed by atoms with Crippen LogP contribution in [0, 0.1) is 11.8 Å². The second-order valence-electron chi connectivity index (χ2n) is 5.75. The number of fused-ring (bicyclic) bond motifs is 2. The van der Waals surface area contributed by atoms with Crippen molar-refractivity contribution in [3.8, 4) is 0 Å². The van der Waals surface area contributed by atoms with Gasteiger partial charge in [0.1, 0.15) is 5.60 Å². The normalized spacial score (nSPS) is 31.6. The van der Waals surface area contributed by atoms with Gasteiger partial charge in [-0.25, -0.2) is 0 Å². The Morgan fingerprint density at radius 3 is 2.85 bits per heavy atom. The number of hydrogen-bond acceptors (Lipinski definition) is 3. The highest BCUT2D eigenvalue weighted by molar-refractivity contribution is 6.31. The van der Waals surface area contributed by atoms with Crippen molar-refractivity contribution in [2.75, 3.05) is 13.1 Å². The van der Waals surface area contributed by atoms with Gasteiger partial charge in [-0.1, -0.05) is 11.6 Å². The van der Waals surface area contributed by atoms with E-state index in [4.69, 9.17) is 11.6 Å². The van der Waals surface area contributed by atoms with Crippen molar-refractivity contribution in [1.82, 2.24) is 15.1 Å². The standard InChI is InChI=1S/C14H14ClN3O2/c1-7(19)18-5-11-12(6-18)14(11,20)10-2-8(15)3-13-9(10)4-16-17-13/h2-4,11-12,20H,5-6H2,1H3,(H,16,17)/t11-,12+,14-. The molecule has 1 aliphatic carbocycles. The molecule has 3 atom stereocenters. The van der Waals surface area contributed by atoms with E-state index in [9.17, 15) is 9.90 Å². The van der Waals surface area contributed by atoms with Crippen molar-refractivity contribution in [3.05, 3.63) is 28.9 Å². The third-order valence-corrected chi connectivity index (χ3v) is 4.96. The lowest BCUT2D eigenvalue weighted by molar-refractivity contribution is -0.129. The van der Waals surface area contributed by atoms with Gasteiger partial charge in [-0.15, -0.1) is 0 Å². The fourth-order valence-corrected chi connectivity index (χ4v) is 3.83. The van der Waals surface area contributed by atoms with Gasteiger partial charge in [-0.2, -0.15) is 5.10 Å². The molecule has 104 valence electrons. The number of carbonyl (C=O) groups excluding carboxylic acids is 1. The molecule has 2 heterocycles. The van der Waals surface area contributed by atoms with E-state index < -0.39 is 5.60 Å². The van der Waals surface area contributed by atoms with Crippen molar-refractivity contribution in [2.45, 2.75) is 12.5 Å². The smallest absolute Gasteiger partial charge is 0.219 e. The van der Waals surface area contributed by atoms with Crippen LogP contribution in [-0.2, 0) is 10.4 Å². The number of hydrogen-bond donors (Lipinski definition) is 2. The number of H-pyrrole nitrogens is 1. The number of aromatic nitrogens is 2. The minimum atomic E-state index is -0.876. The molecule has 1 aliphatic heterocycles. The molecule has 1 saturated heterocycles. The Morgan fingerprint density at radius 1 is 1.50 bits per heavy atom. The van der Waals surface area contributed by atoms with E-state index in [1.807, 2.05) is 6.07 Å². The highest BCUT2D eigenvalue weighted by atomic mass is 35.5. The van der Waals surface area contributed by atoms with E-state index >= 15 is 0 Å². The summed E-state index contributed by atoms with van der Waals surface area (Å²) >= 11 is 6.13. The first-order valence-electron chi connectivity index (χ1n) is 6.63. The van der Waals surface area contributed by atoms with E-state index in [0.29, 0.717) is 18.1 Å². The molecule has 1 saturated carbocycles. The van der Waals surface area contributed by atoms with Crippen LogP contribution in [0.1, 0.15) is 12.5 Å². The zero-order valence-corrected chi connectivity index (χ0v) is 11.7. The van der Waals surface area contributed by atoms with E-state index in [-0.39, 0.29) is 17.7 Å². The maximum atomic E-state index is 11.4. The molecular weight excluding hydrogens is 278 g/mol. The molecular formula is C14H14ClN3O2. The topological polar surface area (TPSA) is 69.2 Å². The Bertz CT molecular complexity index is 714. The van der Waals surface area contributed by atoms with E-state index in [2.05, 4.69) is 10.2 Å². The monoisotopic (exact) mass is 291 g/mol. The number of likely N-dealkylation sites (tertiary alicyclic amines) is 1. The Balaban J connectivity index is 1.75. The summed E-state index contributed by atoms with van der Waals surface area (Å²) in [5.74, 6) is 0.269. The molecule has 6 heteroatoms. The lowest BCUT2D eigenvalue weighted by atomic mass is 9.99. The molecule has 2 aliphatic rings. The first-order chi connectivity index (χ1) is 9.51. The highest BCUT2D eigenvalue weighted by Gasteiger charge is 2.69. The number of piperidine rings is 1. The van der Waals surface area contributed by atoms with Gasteiger partial charge in [-0.05, 0) is 17.7 Å². The van der Waals surface area contributed by atoms with Gasteiger partial charge in [0, 0.05) is 42.3 Å². The van der Waals surface area contributed by atoms with Gasteiger partial charge in [0.25, 0.3) is 0 Å². The zero-order valence-electron chi connectivity index (χ0n) is 10.9.